The molecule has 0 aromatic rings. The van der Waals surface area contributed by atoms with Crippen LogP contribution in [0.4, 0.5) is 0 Å². The van der Waals surface area contributed by atoms with E-state index < -0.39 is 15.1 Å². The highest BCUT2D eigenvalue weighted by Gasteiger charge is 2.26. The van der Waals surface area contributed by atoms with E-state index in [2.05, 4.69) is 0 Å². The number of sulfone groups is 1. The normalized spacial score (nSPS) is 23.7. The Kier molecular flexibility index (Phi) is 4.55. The second-order valence-corrected chi connectivity index (χ2v) is 6.89. The third-order valence-electron chi connectivity index (χ3n) is 3.22. The standard InChI is InChI=1S/C10H21NO3S/c1-8(15(2,12)13)10(11)7-9-3-5-14-6-4-9/h8-10H,3-7,11H2,1-2H3. The molecule has 15 heavy (non-hydrogen) atoms. The van der Waals surface area contributed by atoms with Crippen molar-refractivity contribution in [3.05, 3.63) is 0 Å². The van der Waals surface area contributed by atoms with E-state index in [0.29, 0.717) is 5.92 Å². The summed E-state index contributed by atoms with van der Waals surface area (Å²) < 4.78 is 27.9. The second-order valence-electron chi connectivity index (χ2n) is 4.49. The van der Waals surface area contributed by atoms with Gasteiger partial charge in [0, 0.05) is 25.5 Å². The van der Waals surface area contributed by atoms with Gasteiger partial charge in [0.2, 0.25) is 0 Å². The lowest BCUT2D eigenvalue weighted by molar-refractivity contribution is 0.0618. The van der Waals surface area contributed by atoms with E-state index in [4.69, 9.17) is 10.5 Å². The van der Waals surface area contributed by atoms with E-state index in [1.165, 1.54) is 6.26 Å². The van der Waals surface area contributed by atoms with E-state index in [9.17, 15) is 8.42 Å². The topological polar surface area (TPSA) is 69.4 Å². The van der Waals surface area contributed by atoms with E-state index in [1.807, 2.05) is 0 Å². The Morgan fingerprint density at radius 1 is 1.40 bits per heavy atom. The molecule has 1 saturated heterocycles. The molecule has 0 bridgehead atoms. The Balaban J connectivity index is 2.43. The number of ether oxygens (including phenoxy) is 1. The van der Waals surface area contributed by atoms with Crippen molar-refractivity contribution in [3.8, 4) is 0 Å². The molecule has 2 unspecified atom stereocenters. The Morgan fingerprint density at radius 2 is 1.93 bits per heavy atom. The van der Waals surface area contributed by atoms with Crippen LogP contribution in [0.3, 0.4) is 0 Å². The van der Waals surface area contributed by atoms with Crippen LogP contribution in [0, 0.1) is 5.92 Å². The summed E-state index contributed by atoms with van der Waals surface area (Å²) in [6.07, 6.45) is 4.05. The summed E-state index contributed by atoms with van der Waals surface area (Å²) >= 11 is 0. The molecule has 2 N–H and O–H groups in total. The van der Waals surface area contributed by atoms with Crippen LogP contribution < -0.4 is 5.73 Å². The summed E-state index contributed by atoms with van der Waals surface area (Å²) in [6, 6.07) is -0.247. The van der Waals surface area contributed by atoms with Gasteiger partial charge in [0.25, 0.3) is 0 Å². The zero-order chi connectivity index (χ0) is 11.5. The van der Waals surface area contributed by atoms with Crippen LogP contribution in [0.5, 0.6) is 0 Å². The van der Waals surface area contributed by atoms with Crippen molar-refractivity contribution in [1.82, 2.24) is 0 Å². The summed E-state index contributed by atoms with van der Waals surface area (Å²) in [5.74, 6) is 0.526. The highest BCUT2D eigenvalue weighted by molar-refractivity contribution is 7.91. The van der Waals surface area contributed by atoms with Gasteiger partial charge in [-0.25, -0.2) is 8.42 Å². The predicted octanol–water partition coefficient (Wildman–Crippen LogP) is 0.563. The molecule has 5 heteroatoms. The van der Waals surface area contributed by atoms with Crippen LogP contribution in [0.15, 0.2) is 0 Å². The minimum absolute atomic E-state index is 0.247. The minimum Gasteiger partial charge on any atom is -0.381 e. The van der Waals surface area contributed by atoms with Crippen LogP contribution in [0.25, 0.3) is 0 Å². The second kappa shape index (κ2) is 5.27. The van der Waals surface area contributed by atoms with E-state index in [-0.39, 0.29) is 6.04 Å². The van der Waals surface area contributed by atoms with Crippen molar-refractivity contribution < 1.29 is 13.2 Å². The predicted molar refractivity (Wildman–Crippen MR) is 60.4 cm³/mol. The molecule has 4 nitrogen and oxygen atoms in total. The molecule has 1 heterocycles. The van der Waals surface area contributed by atoms with Gasteiger partial charge in [0.05, 0.1) is 5.25 Å². The molecule has 0 saturated carbocycles. The van der Waals surface area contributed by atoms with Gasteiger partial charge < -0.3 is 10.5 Å². The molecule has 1 aliphatic rings. The first-order valence-corrected chi connectivity index (χ1v) is 7.39. The molecule has 0 radical (unpaired) electrons. The van der Waals surface area contributed by atoms with Gasteiger partial charge in [0.1, 0.15) is 0 Å². The lowest BCUT2D eigenvalue weighted by atomic mass is 9.92. The Hall–Kier alpha value is -0.130. The van der Waals surface area contributed by atoms with E-state index >= 15 is 0 Å². The van der Waals surface area contributed by atoms with Crippen molar-refractivity contribution in [3.63, 3.8) is 0 Å². The fraction of sp³-hybridized carbons (Fsp3) is 1.00. The molecular formula is C10H21NO3S. The molecule has 1 rings (SSSR count). The molecule has 0 aromatic heterocycles. The molecule has 1 aliphatic heterocycles. The van der Waals surface area contributed by atoms with E-state index in [0.717, 1.165) is 32.5 Å². The lowest BCUT2D eigenvalue weighted by Gasteiger charge is -2.27. The molecule has 0 amide bonds. The summed E-state index contributed by atoms with van der Waals surface area (Å²) in [4.78, 5) is 0. The van der Waals surface area contributed by atoms with Crippen molar-refractivity contribution in [2.24, 2.45) is 11.7 Å². The van der Waals surface area contributed by atoms with E-state index in [1.54, 1.807) is 6.92 Å². The smallest absolute Gasteiger partial charge is 0.151 e. The first kappa shape index (κ1) is 12.9. The third-order valence-corrected chi connectivity index (χ3v) is 4.92. The molecule has 90 valence electrons. The zero-order valence-electron chi connectivity index (χ0n) is 9.48. The summed E-state index contributed by atoms with van der Waals surface area (Å²) in [6.45, 7) is 3.26. The third kappa shape index (κ3) is 4.09. The Labute approximate surface area is 92.1 Å². The van der Waals surface area contributed by atoms with Gasteiger partial charge in [-0.1, -0.05) is 0 Å². The first-order chi connectivity index (χ1) is 6.91. The lowest BCUT2D eigenvalue weighted by Crippen LogP contribution is -2.40. The minimum atomic E-state index is -3.01. The number of nitrogens with two attached hydrogens (primary N) is 1. The largest absolute Gasteiger partial charge is 0.381 e. The van der Waals surface area contributed by atoms with Crippen molar-refractivity contribution in [1.29, 1.82) is 0 Å². The number of rotatable bonds is 4. The maximum absolute atomic E-state index is 11.3. The van der Waals surface area contributed by atoms with Crippen LogP contribution >= 0.6 is 0 Å². The summed E-state index contributed by atoms with van der Waals surface area (Å²) in [5.41, 5.74) is 5.91. The van der Waals surface area contributed by atoms with Crippen molar-refractivity contribution in [2.45, 2.75) is 37.5 Å². The van der Waals surface area contributed by atoms with Crippen LogP contribution in [-0.4, -0.2) is 39.2 Å². The quantitative estimate of drug-likeness (QED) is 0.773. The van der Waals surface area contributed by atoms with Crippen LogP contribution in [0.1, 0.15) is 26.2 Å². The molecular weight excluding hydrogens is 214 g/mol. The molecule has 2 atom stereocenters. The van der Waals surface area contributed by atoms with Gasteiger partial charge >= 0.3 is 0 Å². The maximum atomic E-state index is 11.3. The van der Waals surface area contributed by atoms with Crippen LogP contribution in [-0.2, 0) is 14.6 Å². The monoisotopic (exact) mass is 235 g/mol. The Bertz CT molecular complexity index is 283. The first-order valence-electron chi connectivity index (χ1n) is 5.43. The summed E-state index contributed by atoms with van der Waals surface area (Å²) in [5, 5.41) is -0.444. The molecule has 0 aliphatic carbocycles. The SMILES string of the molecule is CC(C(N)CC1CCOCC1)S(C)(=O)=O. The highest BCUT2D eigenvalue weighted by atomic mass is 32.2. The zero-order valence-corrected chi connectivity index (χ0v) is 10.3. The molecule has 1 fully saturated rings. The molecule has 0 spiro atoms. The molecule has 0 aromatic carbocycles. The van der Waals surface area contributed by atoms with Crippen molar-refractivity contribution >= 4 is 9.84 Å². The number of hydrogen-bond donors (Lipinski definition) is 1. The van der Waals surface area contributed by atoms with Crippen LogP contribution in [0.2, 0.25) is 0 Å². The summed E-state index contributed by atoms with van der Waals surface area (Å²) in [7, 11) is -3.01. The van der Waals surface area contributed by atoms with Crippen molar-refractivity contribution in [2.75, 3.05) is 19.5 Å². The fourth-order valence-electron chi connectivity index (χ4n) is 1.88. The maximum Gasteiger partial charge on any atom is 0.151 e. The highest BCUT2D eigenvalue weighted by Crippen LogP contribution is 2.21. The van der Waals surface area contributed by atoms with Gasteiger partial charge in [0.15, 0.2) is 9.84 Å². The van der Waals surface area contributed by atoms with Gasteiger partial charge in [-0.15, -0.1) is 0 Å². The van der Waals surface area contributed by atoms with Gasteiger partial charge in [-0.05, 0) is 32.1 Å². The average Bonchev–Trinajstić information content (AvgIpc) is 2.16. The fourth-order valence-corrected chi connectivity index (χ4v) is 2.62. The Morgan fingerprint density at radius 3 is 2.40 bits per heavy atom. The van der Waals surface area contributed by atoms with Gasteiger partial charge in [-0.2, -0.15) is 0 Å². The number of hydrogen-bond acceptors (Lipinski definition) is 4. The average molecular weight is 235 g/mol. The van der Waals surface area contributed by atoms with Gasteiger partial charge in [-0.3, -0.25) is 0 Å².